The second-order valence-corrected chi connectivity index (χ2v) is 4.13. The van der Waals surface area contributed by atoms with Crippen LogP contribution in [0.4, 0.5) is 5.69 Å². The number of nitrogens with two attached hydrogens (primary N) is 1. The summed E-state index contributed by atoms with van der Waals surface area (Å²) in [6.07, 6.45) is 4.34. The monoisotopic (exact) mass is 189 g/mol. The van der Waals surface area contributed by atoms with Gasteiger partial charge in [0, 0.05) is 11.3 Å². The molecule has 14 heavy (non-hydrogen) atoms. The van der Waals surface area contributed by atoms with Crippen molar-refractivity contribution in [1.29, 1.82) is 0 Å². The molecule has 1 aromatic rings. The Morgan fingerprint density at radius 2 is 2.14 bits per heavy atom. The Hall–Kier alpha value is -1.44. The average Bonchev–Trinajstić information content (AvgIpc) is 2.09. The first-order chi connectivity index (χ1) is 6.65. The van der Waals surface area contributed by atoms with Crippen LogP contribution in [0.5, 0.6) is 5.75 Å². The normalized spacial score (nSPS) is 20.4. The summed E-state index contributed by atoms with van der Waals surface area (Å²) in [5.41, 5.74) is 8.59. The van der Waals surface area contributed by atoms with Crippen LogP contribution in [0, 0.1) is 5.92 Å². The number of rotatable bonds is 1. The van der Waals surface area contributed by atoms with Gasteiger partial charge >= 0.3 is 0 Å². The molecule has 1 aliphatic rings. The van der Waals surface area contributed by atoms with Crippen LogP contribution in [0.25, 0.3) is 6.08 Å². The minimum absolute atomic E-state index is 0.311. The minimum Gasteiger partial charge on any atom is -0.507 e. The van der Waals surface area contributed by atoms with Crippen molar-refractivity contribution in [2.75, 3.05) is 5.73 Å². The van der Waals surface area contributed by atoms with Crippen LogP contribution in [0.2, 0.25) is 0 Å². The van der Waals surface area contributed by atoms with Gasteiger partial charge in [-0.15, -0.1) is 0 Å². The maximum Gasteiger partial charge on any atom is 0.122 e. The molecule has 0 radical (unpaired) electrons. The molecule has 0 saturated heterocycles. The molecule has 1 fully saturated rings. The van der Waals surface area contributed by atoms with E-state index in [1.165, 1.54) is 5.57 Å². The van der Waals surface area contributed by atoms with Gasteiger partial charge in [0.15, 0.2) is 0 Å². The third-order valence-corrected chi connectivity index (χ3v) is 2.63. The molecule has 2 rings (SSSR count). The molecule has 0 heterocycles. The van der Waals surface area contributed by atoms with Crippen molar-refractivity contribution < 1.29 is 5.11 Å². The number of phenolic OH excluding ortho intramolecular Hbond substituents is 1. The summed E-state index contributed by atoms with van der Waals surface area (Å²) in [5.74, 6) is 1.11. The fraction of sp³-hybridized carbons (Fsp3) is 0.333. The third-order valence-electron chi connectivity index (χ3n) is 2.63. The lowest BCUT2D eigenvalue weighted by Crippen LogP contribution is -2.09. The van der Waals surface area contributed by atoms with Gasteiger partial charge in [-0.05, 0) is 37.0 Å². The molecule has 0 bridgehead atoms. The number of phenols is 1. The van der Waals surface area contributed by atoms with Crippen molar-refractivity contribution >= 4 is 11.8 Å². The molecule has 0 unspecified atom stereocenters. The zero-order valence-electron chi connectivity index (χ0n) is 8.33. The molecular weight excluding hydrogens is 174 g/mol. The van der Waals surface area contributed by atoms with E-state index in [1.54, 1.807) is 12.1 Å². The number of allylic oxidation sites excluding steroid dienone is 1. The van der Waals surface area contributed by atoms with E-state index in [2.05, 4.69) is 6.92 Å². The lowest BCUT2D eigenvalue weighted by atomic mass is 9.80. The van der Waals surface area contributed by atoms with Gasteiger partial charge in [-0.2, -0.15) is 0 Å². The summed E-state index contributed by atoms with van der Waals surface area (Å²) in [5, 5.41) is 9.57. The van der Waals surface area contributed by atoms with E-state index in [0.717, 1.165) is 24.3 Å². The maximum absolute atomic E-state index is 9.57. The van der Waals surface area contributed by atoms with Crippen LogP contribution in [0.1, 0.15) is 25.3 Å². The molecule has 2 nitrogen and oxygen atoms in total. The number of hydrogen-bond acceptors (Lipinski definition) is 2. The Balaban J connectivity index is 2.24. The fourth-order valence-electron chi connectivity index (χ4n) is 1.86. The summed E-state index contributed by atoms with van der Waals surface area (Å²) in [6, 6.07) is 5.16. The standard InChI is InChI=1S/C12H15NO/c1-8-4-9(5-8)6-10-7-11(13)2-3-12(10)14/h2-3,6-8,14H,4-5,13H2,1H3. The molecule has 1 aliphatic carbocycles. The highest BCUT2D eigenvalue weighted by molar-refractivity contribution is 5.64. The smallest absolute Gasteiger partial charge is 0.122 e. The van der Waals surface area contributed by atoms with E-state index in [0.29, 0.717) is 11.4 Å². The second-order valence-electron chi connectivity index (χ2n) is 4.13. The Morgan fingerprint density at radius 3 is 2.79 bits per heavy atom. The number of benzene rings is 1. The lowest BCUT2D eigenvalue weighted by molar-refractivity contribution is 0.461. The highest BCUT2D eigenvalue weighted by atomic mass is 16.3. The zero-order valence-corrected chi connectivity index (χ0v) is 8.33. The number of aromatic hydroxyl groups is 1. The largest absolute Gasteiger partial charge is 0.507 e. The zero-order chi connectivity index (χ0) is 10.1. The van der Waals surface area contributed by atoms with Crippen LogP contribution in [0.15, 0.2) is 23.8 Å². The Bertz CT molecular complexity index is 374. The molecule has 3 N–H and O–H groups in total. The lowest BCUT2D eigenvalue weighted by Gasteiger charge is -2.25. The Morgan fingerprint density at radius 1 is 1.43 bits per heavy atom. The molecule has 74 valence electrons. The summed E-state index contributed by atoms with van der Waals surface area (Å²) >= 11 is 0. The molecule has 0 amide bonds. The maximum atomic E-state index is 9.57. The molecular formula is C12H15NO. The van der Waals surface area contributed by atoms with Gasteiger partial charge in [0.1, 0.15) is 5.75 Å². The van der Waals surface area contributed by atoms with E-state index in [9.17, 15) is 5.11 Å². The first kappa shape index (κ1) is 9.13. The number of anilines is 1. The minimum atomic E-state index is 0.311. The summed E-state index contributed by atoms with van der Waals surface area (Å²) in [6.45, 7) is 2.23. The average molecular weight is 189 g/mol. The van der Waals surface area contributed by atoms with Crippen LogP contribution in [-0.2, 0) is 0 Å². The van der Waals surface area contributed by atoms with Crippen molar-refractivity contribution in [2.45, 2.75) is 19.8 Å². The first-order valence-electron chi connectivity index (χ1n) is 4.93. The predicted octanol–water partition coefficient (Wildman–Crippen LogP) is 2.79. The predicted molar refractivity (Wildman–Crippen MR) is 58.9 cm³/mol. The van der Waals surface area contributed by atoms with Gasteiger partial charge in [0.2, 0.25) is 0 Å². The Kier molecular flexibility index (Phi) is 2.20. The molecule has 1 saturated carbocycles. The quantitative estimate of drug-likeness (QED) is 0.527. The van der Waals surface area contributed by atoms with Gasteiger partial charge in [-0.25, -0.2) is 0 Å². The van der Waals surface area contributed by atoms with Crippen molar-refractivity contribution in [3.05, 3.63) is 29.3 Å². The van der Waals surface area contributed by atoms with Gasteiger partial charge < -0.3 is 10.8 Å². The highest BCUT2D eigenvalue weighted by Crippen LogP contribution is 2.35. The van der Waals surface area contributed by atoms with E-state index in [4.69, 9.17) is 5.73 Å². The van der Waals surface area contributed by atoms with Gasteiger partial charge in [0.25, 0.3) is 0 Å². The third kappa shape index (κ3) is 1.74. The molecule has 0 spiro atoms. The van der Waals surface area contributed by atoms with E-state index >= 15 is 0 Å². The molecule has 1 aromatic carbocycles. The second kappa shape index (κ2) is 3.37. The highest BCUT2D eigenvalue weighted by Gasteiger charge is 2.18. The summed E-state index contributed by atoms with van der Waals surface area (Å²) in [7, 11) is 0. The molecule has 2 heteroatoms. The summed E-state index contributed by atoms with van der Waals surface area (Å²) in [4.78, 5) is 0. The van der Waals surface area contributed by atoms with Crippen molar-refractivity contribution in [3.8, 4) is 5.75 Å². The van der Waals surface area contributed by atoms with Crippen LogP contribution < -0.4 is 5.73 Å². The van der Waals surface area contributed by atoms with Crippen molar-refractivity contribution in [3.63, 3.8) is 0 Å². The first-order valence-corrected chi connectivity index (χ1v) is 4.93. The van der Waals surface area contributed by atoms with E-state index in [-0.39, 0.29) is 0 Å². The molecule has 0 aliphatic heterocycles. The topological polar surface area (TPSA) is 46.2 Å². The molecule has 0 aromatic heterocycles. The van der Waals surface area contributed by atoms with Crippen LogP contribution in [-0.4, -0.2) is 5.11 Å². The molecule has 0 atom stereocenters. The van der Waals surface area contributed by atoms with E-state index in [1.807, 2.05) is 12.1 Å². The number of nitrogen functional groups attached to an aromatic ring is 1. The Labute approximate surface area is 84.1 Å². The van der Waals surface area contributed by atoms with Crippen LogP contribution >= 0.6 is 0 Å². The van der Waals surface area contributed by atoms with Crippen molar-refractivity contribution in [1.82, 2.24) is 0 Å². The van der Waals surface area contributed by atoms with Gasteiger partial charge in [-0.1, -0.05) is 18.6 Å². The van der Waals surface area contributed by atoms with E-state index < -0.39 is 0 Å². The SMILES string of the molecule is CC1CC(=Cc2cc(N)ccc2O)C1. The van der Waals surface area contributed by atoms with Gasteiger partial charge in [-0.3, -0.25) is 0 Å². The van der Waals surface area contributed by atoms with Crippen molar-refractivity contribution in [2.24, 2.45) is 5.92 Å². The van der Waals surface area contributed by atoms with Gasteiger partial charge in [0.05, 0.1) is 0 Å². The number of hydrogen-bond donors (Lipinski definition) is 2. The fourth-order valence-corrected chi connectivity index (χ4v) is 1.86. The van der Waals surface area contributed by atoms with Crippen LogP contribution in [0.3, 0.4) is 0 Å². The summed E-state index contributed by atoms with van der Waals surface area (Å²) < 4.78 is 0.